The zero-order valence-corrected chi connectivity index (χ0v) is 16.3. The lowest BCUT2D eigenvalue weighted by Crippen LogP contribution is -2.35. The minimum Gasteiger partial charge on any atom is -0.376 e. The van der Waals surface area contributed by atoms with Gasteiger partial charge in [0.2, 0.25) is 15.9 Å². The summed E-state index contributed by atoms with van der Waals surface area (Å²) in [6.45, 7) is 1.22. The maximum Gasteiger partial charge on any atom is 0.246 e. The molecule has 0 spiro atoms. The van der Waals surface area contributed by atoms with E-state index in [4.69, 9.17) is 0 Å². The monoisotopic (exact) mass is 387 g/mol. The molecule has 1 amide bonds. The first-order chi connectivity index (χ1) is 13.0. The van der Waals surface area contributed by atoms with Crippen LogP contribution in [0.15, 0.2) is 59.5 Å². The van der Waals surface area contributed by atoms with Crippen LogP contribution in [0, 0.1) is 0 Å². The highest BCUT2D eigenvalue weighted by atomic mass is 32.2. The van der Waals surface area contributed by atoms with Crippen molar-refractivity contribution in [3.05, 3.63) is 54.6 Å². The highest BCUT2D eigenvalue weighted by Gasteiger charge is 2.26. The molecule has 1 fully saturated rings. The van der Waals surface area contributed by atoms with Crippen LogP contribution < -0.4 is 10.2 Å². The molecule has 144 valence electrons. The lowest BCUT2D eigenvalue weighted by molar-refractivity contribution is -0.116. The second-order valence-corrected chi connectivity index (χ2v) is 8.57. The van der Waals surface area contributed by atoms with E-state index in [0.29, 0.717) is 18.8 Å². The summed E-state index contributed by atoms with van der Waals surface area (Å²) in [6, 6.07) is 16.0. The highest BCUT2D eigenvalue weighted by Crippen LogP contribution is 2.23. The molecule has 0 saturated carbocycles. The molecular formula is C20H25N3O3S. The maximum absolute atomic E-state index is 12.8. The van der Waals surface area contributed by atoms with Gasteiger partial charge in [-0.3, -0.25) is 4.79 Å². The molecule has 1 aliphatic heterocycles. The molecular weight excluding hydrogens is 362 g/mol. The number of para-hydroxylation sites is 1. The molecule has 1 saturated heterocycles. The molecule has 1 heterocycles. The van der Waals surface area contributed by atoms with Crippen LogP contribution >= 0.6 is 0 Å². The Morgan fingerprint density at radius 2 is 1.74 bits per heavy atom. The molecule has 0 unspecified atom stereocenters. The molecule has 1 aliphatic rings. The van der Waals surface area contributed by atoms with Gasteiger partial charge in [-0.05, 0) is 43.2 Å². The minimum atomic E-state index is -3.48. The number of hydrogen-bond donors (Lipinski definition) is 1. The van der Waals surface area contributed by atoms with Gasteiger partial charge in [0.15, 0.2) is 0 Å². The van der Waals surface area contributed by atoms with Crippen molar-refractivity contribution in [3.63, 3.8) is 0 Å². The van der Waals surface area contributed by atoms with E-state index < -0.39 is 10.0 Å². The van der Waals surface area contributed by atoms with E-state index in [1.807, 2.05) is 30.3 Å². The van der Waals surface area contributed by atoms with Gasteiger partial charge in [-0.15, -0.1) is 0 Å². The second-order valence-electron chi connectivity index (χ2n) is 6.63. The molecule has 0 bridgehead atoms. The van der Waals surface area contributed by atoms with E-state index in [2.05, 4.69) is 5.32 Å². The van der Waals surface area contributed by atoms with Crippen LogP contribution in [0.4, 0.5) is 11.4 Å². The van der Waals surface area contributed by atoms with Crippen LogP contribution in [0.5, 0.6) is 0 Å². The van der Waals surface area contributed by atoms with Gasteiger partial charge < -0.3 is 10.2 Å². The Morgan fingerprint density at radius 3 is 2.44 bits per heavy atom. The van der Waals surface area contributed by atoms with Crippen molar-refractivity contribution < 1.29 is 13.2 Å². The van der Waals surface area contributed by atoms with Crippen molar-refractivity contribution in [2.75, 3.05) is 36.9 Å². The predicted molar refractivity (Wildman–Crippen MR) is 107 cm³/mol. The molecule has 2 aromatic rings. The van der Waals surface area contributed by atoms with Gasteiger partial charge in [0.1, 0.15) is 0 Å². The van der Waals surface area contributed by atoms with Crippen LogP contribution in [0.3, 0.4) is 0 Å². The Hall–Kier alpha value is -2.38. The summed E-state index contributed by atoms with van der Waals surface area (Å²) in [5, 5.41) is 3.04. The van der Waals surface area contributed by atoms with Gasteiger partial charge in [-0.25, -0.2) is 8.42 Å². The van der Waals surface area contributed by atoms with Gasteiger partial charge in [0.05, 0.1) is 11.4 Å². The standard InChI is InChI=1S/C20H25N3O3S/c1-22(18-10-4-2-5-11-18)20(24)16-21-17-9-8-12-19(15-17)27(25,26)23-13-6-3-7-14-23/h2,4-5,8-12,15,21H,3,6-7,13-14,16H2,1H3. The third-order valence-corrected chi connectivity index (χ3v) is 6.64. The summed E-state index contributed by atoms with van der Waals surface area (Å²) < 4.78 is 27.1. The molecule has 1 N–H and O–H groups in total. The van der Waals surface area contributed by atoms with Crippen LogP contribution in [0.25, 0.3) is 0 Å². The van der Waals surface area contributed by atoms with Gasteiger partial charge in [-0.1, -0.05) is 30.7 Å². The van der Waals surface area contributed by atoms with E-state index in [1.165, 1.54) is 0 Å². The fourth-order valence-electron chi connectivity index (χ4n) is 3.11. The predicted octanol–water partition coefficient (Wildman–Crippen LogP) is 2.94. The van der Waals surface area contributed by atoms with E-state index >= 15 is 0 Å². The summed E-state index contributed by atoms with van der Waals surface area (Å²) >= 11 is 0. The van der Waals surface area contributed by atoms with Crippen molar-refractivity contribution in [1.29, 1.82) is 0 Å². The quantitative estimate of drug-likeness (QED) is 0.827. The number of carbonyl (C=O) groups is 1. The molecule has 6 nitrogen and oxygen atoms in total. The zero-order chi connectivity index (χ0) is 19.3. The Morgan fingerprint density at radius 1 is 1.04 bits per heavy atom. The number of carbonyl (C=O) groups excluding carboxylic acids is 1. The van der Waals surface area contributed by atoms with Gasteiger partial charge >= 0.3 is 0 Å². The first-order valence-electron chi connectivity index (χ1n) is 9.14. The Labute approximate surface area is 160 Å². The van der Waals surface area contributed by atoms with E-state index in [0.717, 1.165) is 24.9 Å². The third kappa shape index (κ3) is 4.67. The average Bonchev–Trinajstić information content (AvgIpc) is 2.73. The number of amides is 1. The fourth-order valence-corrected chi connectivity index (χ4v) is 4.68. The number of hydrogen-bond acceptors (Lipinski definition) is 4. The lowest BCUT2D eigenvalue weighted by Gasteiger charge is -2.26. The number of nitrogens with zero attached hydrogens (tertiary/aromatic N) is 2. The van der Waals surface area contributed by atoms with E-state index in [1.54, 1.807) is 40.5 Å². The van der Waals surface area contributed by atoms with Gasteiger partial charge in [0, 0.05) is 31.5 Å². The smallest absolute Gasteiger partial charge is 0.246 e. The van der Waals surface area contributed by atoms with E-state index in [9.17, 15) is 13.2 Å². The third-order valence-electron chi connectivity index (χ3n) is 4.75. The highest BCUT2D eigenvalue weighted by molar-refractivity contribution is 7.89. The normalized spacial score (nSPS) is 15.3. The Kier molecular flexibility index (Phi) is 6.13. The largest absolute Gasteiger partial charge is 0.376 e. The van der Waals surface area contributed by atoms with Crippen molar-refractivity contribution in [1.82, 2.24) is 4.31 Å². The molecule has 7 heteroatoms. The molecule has 27 heavy (non-hydrogen) atoms. The number of nitrogens with one attached hydrogen (secondary N) is 1. The number of piperidine rings is 1. The molecule has 0 aliphatic carbocycles. The Bertz CT molecular complexity index is 878. The minimum absolute atomic E-state index is 0.0820. The molecule has 0 aromatic heterocycles. The molecule has 0 atom stereocenters. The number of rotatable bonds is 6. The Balaban J connectivity index is 1.66. The topological polar surface area (TPSA) is 69.7 Å². The van der Waals surface area contributed by atoms with Gasteiger partial charge in [-0.2, -0.15) is 4.31 Å². The van der Waals surface area contributed by atoms with Crippen molar-refractivity contribution in [2.24, 2.45) is 0 Å². The zero-order valence-electron chi connectivity index (χ0n) is 15.5. The van der Waals surface area contributed by atoms with Crippen LogP contribution in [-0.4, -0.2) is 45.3 Å². The second kappa shape index (κ2) is 8.54. The number of anilines is 2. The summed E-state index contributed by atoms with van der Waals surface area (Å²) in [5.74, 6) is -0.106. The summed E-state index contributed by atoms with van der Waals surface area (Å²) in [5.41, 5.74) is 1.42. The van der Waals surface area contributed by atoms with Crippen molar-refractivity contribution in [2.45, 2.75) is 24.2 Å². The average molecular weight is 388 g/mol. The first kappa shape index (κ1) is 19.4. The molecule has 3 rings (SSSR count). The number of sulfonamides is 1. The molecule has 0 radical (unpaired) electrons. The van der Waals surface area contributed by atoms with Crippen LogP contribution in [0.1, 0.15) is 19.3 Å². The van der Waals surface area contributed by atoms with Crippen LogP contribution in [-0.2, 0) is 14.8 Å². The lowest BCUT2D eigenvalue weighted by atomic mass is 10.2. The number of benzene rings is 2. The summed E-state index contributed by atoms with van der Waals surface area (Å²) in [4.78, 5) is 14.2. The maximum atomic E-state index is 12.8. The van der Waals surface area contributed by atoms with Gasteiger partial charge in [0.25, 0.3) is 0 Å². The molecule has 2 aromatic carbocycles. The van der Waals surface area contributed by atoms with Crippen molar-refractivity contribution in [3.8, 4) is 0 Å². The van der Waals surface area contributed by atoms with Crippen LogP contribution in [0.2, 0.25) is 0 Å². The fraction of sp³-hybridized carbons (Fsp3) is 0.350. The van der Waals surface area contributed by atoms with E-state index in [-0.39, 0.29) is 17.3 Å². The number of likely N-dealkylation sites (N-methyl/N-ethyl adjacent to an activating group) is 1. The van der Waals surface area contributed by atoms with Crippen molar-refractivity contribution >= 4 is 27.3 Å². The SMILES string of the molecule is CN(C(=O)CNc1cccc(S(=O)(=O)N2CCCCC2)c1)c1ccccc1. The summed E-state index contributed by atoms with van der Waals surface area (Å²) in [7, 11) is -1.77. The summed E-state index contributed by atoms with van der Waals surface area (Å²) in [6.07, 6.45) is 2.87. The first-order valence-corrected chi connectivity index (χ1v) is 10.6.